The molecule has 0 fully saturated rings. The Bertz CT molecular complexity index is 1150. The molecular formula is C23H25BrN2O4S. The molecule has 6 nitrogen and oxygen atoms in total. The van der Waals surface area contributed by atoms with E-state index in [2.05, 4.69) is 34.2 Å². The molecule has 0 aliphatic rings. The molecule has 0 saturated carbocycles. The van der Waals surface area contributed by atoms with Crippen LogP contribution >= 0.6 is 15.9 Å². The van der Waals surface area contributed by atoms with Crippen molar-refractivity contribution in [3.63, 3.8) is 0 Å². The summed E-state index contributed by atoms with van der Waals surface area (Å²) in [7, 11) is -3.70. The topological polar surface area (TPSA) is 90.6 Å². The third-order valence-electron chi connectivity index (χ3n) is 4.72. The van der Waals surface area contributed by atoms with Gasteiger partial charge in [0.15, 0.2) is 11.5 Å². The molecule has 3 aromatic carbocycles. The third kappa shape index (κ3) is 6.22. The monoisotopic (exact) mass is 504 g/mol. The first-order chi connectivity index (χ1) is 14.8. The molecule has 3 aromatic rings. The zero-order valence-electron chi connectivity index (χ0n) is 17.4. The Balaban J connectivity index is 1.74. The summed E-state index contributed by atoms with van der Waals surface area (Å²) >= 11 is 3.61. The molecule has 0 heterocycles. The average molecular weight is 505 g/mol. The van der Waals surface area contributed by atoms with Gasteiger partial charge in [-0.25, -0.2) is 13.6 Å². The maximum Gasteiger partial charge on any atom is 0.238 e. The largest absolute Gasteiger partial charge is 0.490 e. The van der Waals surface area contributed by atoms with E-state index in [0.717, 1.165) is 21.3 Å². The van der Waals surface area contributed by atoms with Crippen molar-refractivity contribution in [2.45, 2.75) is 31.9 Å². The third-order valence-corrected chi connectivity index (χ3v) is 6.39. The van der Waals surface area contributed by atoms with Crippen LogP contribution in [0.4, 0.5) is 5.69 Å². The minimum absolute atomic E-state index is 0.0769. The summed E-state index contributed by atoms with van der Waals surface area (Å²) in [5.41, 5.74) is 4.04. The minimum Gasteiger partial charge on any atom is -0.490 e. The lowest BCUT2D eigenvalue weighted by atomic mass is 10.1. The molecule has 3 N–H and O–H groups in total. The van der Waals surface area contributed by atoms with Gasteiger partial charge < -0.3 is 14.8 Å². The van der Waals surface area contributed by atoms with Gasteiger partial charge in [0.25, 0.3) is 0 Å². The van der Waals surface area contributed by atoms with Gasteiger partial charge >= 0.3 is 0 Å². The van der Waals surface area contributed by atoms with Crippen molar-refractivity contribution in [2.24, 2.45) is 5.14 Å². The highest BCUT2D eigenvalue weighted by Crippen LogP contribution is 2.35. The van der Waals surface area contributed by atoms with Crippen LogP contribution < -0.4 is 19.9 Å². The van der Waals surface area contributed by atoms with Crippen LogP contribution in [0.25, 0.3) is 0 Å². The molecule has 0 unspecified atom stereocenters. The smallest absolute Gasteiger partial charge is 0.238 e. The molecule has 0 radical (unpaired) electrons. The summed E-state index contributed by atoms with van der Waals surface area (Å²) in [6, 6.07) is 18.2. The van der Waals surface area contributed by atoms with Crippen LogP contribution in [-0.2, 0) is 23.2 Å². The van der Waals surface area contributed by atoms with Crippen molar-refractivity contribution in [1.82, 2.24) is 0 Å². The van der Waals surface area contributed by atoms with E-state index in [0.29, 0.717) is 31.3 Å². The van der Waals surface area contributed by atoms with Gasteiger partial charge in [-0.1, -0.05) is 40.2 Å². The van der Waals surface area contributed by atoms with Gasteiger partial charge in [-0.05, 0) is 66.9 Å². The Hall–Kier alpha value is -2.55. The number of aryl methyl sites for hydroxylation is 1. The van der Waals surface area contributed by atoms with E-state index in [4.69, 9.17) is 14.6 Å². The van der Waals surface area contributed by atoms with Crippen LogP contribution in [0.3, 0.4) is 0 Å². The summed E-state index contributed by atoms with van der Waals surface area (Å²) in [4.78, 5) is 0.0769. The van der Waals surface area contributed by atoms with Crippen LogP contribution in [0.2, 0.25) is 0 Å². The second-order valence-corrected chi connectivity index (χ2v) is 9.38. The van der Waals surface area contributed by atoms with Crippen LogP contribution in [0.15, 0.2) is 70.0 Å². The van der Waals surface area contributed by atoms with Crippen LogP contribution in [0.1, 0.15) is 23.6 Å². The molecule has 0 aliphatic carbocycles. The fraction of sp³-hybridized carbons (Fsp3) is 0.217. The van der Waals surface area contributed by atoms with E-state index in [-0.39, 0.29) is 4.90 Å². The number of hydrogen-bond acceptors (Lipinski definition) is 5. The van der Waals surface area contributed by atoms with Gasteiger partial charge in [-0.2, -0.15) is 0 Å². The standard InChI is InChI=1S/C23H25BrN2O4S/c1-3-29-22-12-18(14-26-19-8-10-20(11-9-19)31(25,27)28)21(24)13-23(22)30-15-17-7-5-4-6-16(17)2/h4-13,26H,3,14-15H2,1-2H3,(H2,25,27,28). The van der Waals surface area contributed by atoms with Crippen LogP contribution in [0, 0.1) is 6.92 Å². The molecule has 0 saturated heterocycles. The van der Waals surface area contributed by atoms with E-state index < -0.39 is 10.0 Å². The number of anilines is 1. The molecule has 0 aliphatic heterocycles. The molecule has 164 valence electrons. The van der Waals surface area contributed by atoms with Crippen LogP contribution in [-0.4, -0.2) is 15.0 Å². The molecule has 0 bridgehead atoms. The van der Waals surface area contributed by atoms with Crippen molar-refractivity contribution in [3.05, 3.63) is 81.8 Å². The number of rotatable bonds is 9. The lowest BCUT2D eigenvalue weighted by Crippen LogP contribution is -2.12. The highest BCUT2D eigenvalue weighted by atomic mass is 79.9. The molecular weight excluding hydrogens is 480 g/mol. The maximum atomic E-state index is 11.4. The molecule has 31 heavy (non-hydrogen) atoms. The first kappa shape index (κ1) is 23.1. The SMILES string of the molecule is CCOc1cc(CNc2ccc(S(N)(=O)=O)cc2)c(Br)cc1OCc1ccccc1C. The fourth-order valence-electron chi connectivity index (χ4n) is 2.98. The van der Waals surface area contributed by atoms with Crippen molar-refractivity contribution in [2.75, 3.05) is 11.9 Å². The van der Waals surface area contributed by atoms with E-state index in [9.17, 15) is 8.42 Å². The van der Waals surface area contributed by atoms with Crippen molar-refractivity contribution >= 4 is 31.6 Å². The van der Waals surface area contributed by atoms with E-state index in [1.54, 1.807) is 12.1 Å². The Morgan fingerprint density at radius 3 is 2.29 bits per heavy atom. The Morgan fingerprint density at radius 2 is 1.65 bits per heavy atom. The molecule has 3 rings (SSSR count). The molecule has 0 aromatic heterocycles. The molecule has 0 spiro atoms. The van der Waals surface area contributed by atoms with Crippen LogP contribution in [0.5, 0.6) is 11.5 Å². The number of primary sulfonamides is 1. The summed E-state index contributed by atoms with van der Waals surface area (Å²) in [5, 5.41) is 8.41. The first-order valence-electron chi connectivity index (χ1n) is 9.77. The predicted octanol–water partition coefficient (Wildman–Crippen LogP) is 4.99. The van der Waals surface area contributed by atoms with Crippen molar-refractivity contribution in [3.8, 4) is 11.5 Å². The number of sulfonamides is 1. The Morgan fingerprint density at radius 1 is 0.968 bits per heavy atom. The van der Waals surface area contributed by atoms with Gasteiger partial charge in [0, 0.05) is 16.7 Å². The molecule has 0 atom stereocenters. The second kappa shape index (κ2) is 10.2. The summed E-state index contributed by atoms with van der Waals surface area (Å²) in [6.07, 6.45) is 0. The lowest BCUT2D eigenvalue weighted by molar-refractivity contribution is 0.268. The van der Waals surface area contributed by atoms with Gasteiger partial charge in [-0.15, -0.1) is 0 Å². The Labute approximate surface area is 191 Å². The van der Waals surface area contributed by atoms with Crippen molar-refractivity contribution < 1.29 is 17.9 Å². The van der Waals surface area contributed by atoms with Crippen molar-refractivity contribution in [1.29, 1.82) is 0 Å². The number of benzene rings is 3. The minimum atomic E-state index is -3.70. The van der Waals surface area contributed by atoms with Gasteiger partial charge in [0.1, 0.15) is 6.61 Å². The zero-order valence-corrected chi connectivity index (χ0v) is 19.8. The summed E-state index contributed by atoms with van der Waals surface area (Å²) < 4.78 is 35.5. The Kier molecular flexibility index (Phi) is 7.59. The molecule has 8 heteroatoms. The summed E-state index contributed by atoms with van der Waals surface area (Å²) in [6.45, 7) is 5.46. The normalized spacial score (nSPS) is 11.2. The quantitative estimate of drug-likeness (QED) is 0.428. The fourth-order valence-corrected chi connectivity index (χ4v) is 3.96. The van der Waals surface area contributed by atoms with E-state index in [1.165, 1.54) is 17.7 Å². The van der Waals surface area contributed by atoms with Gasteiger partial charge in [0.05, 0.1) is 11.5 Å². The summed E-state index contributed by atoms with van der Waals surface area (Å²) in [5.74, 6) is 1.33. The number of ether oxygens (including phenoxy) is 2. The van der Waals surface area contributed by atoms with Gasteiger partial charge in [-0.3, -0.25) is 0 Å². The van der Waals surface area contributed by atoms with Gasteiger partial charge in [0.2, 0.25) is 10.0 Å². The maximum absolute atomic E-state index is 11.4. The highest BCUT2D eigenvalue weighted by Gasteiger charge is 2.12. The van der Waals surface area contributed by atoms with E-state index in [1.807, 2.05) is 37.3 Å². The number of halogens is 1. The number of hydrogen-bond donors (Lipinski definition) is 2. The molecule has 0 amide bonds. The second-order valence-electron chi connectivity index (χ2n) is 6.96. The highest BCUT2D eigenvalue weighted by molar-refractivity contribution is 9.10. The van der Waals surface area contributed by atoms with E-state index >= 15 is 0 Å². The average Bonchev–Trinajstić information content (AvgIpc) is 2.73. The zero-order chi connectivity index (χ0) is 22.4. The number of nitrogens with two attached hydrogens (primary N) is 1. The predicted molar refractivity (Wildman–Crippen MR) is 126 cm³/mol. The first-order valence-corrected chi connectivity index (χ1v) is 12.1. The number of nitrogens with one attached hydrogen (secondary N) is 1. The lowest BCUT2D eigenvalue weighted by Gasteiger charge is -2.16.